The molecule has 2 aromatic heterocycles. The van der Waals surface area contributed by atoms with E-state index in [0.29, 0.717) is 0 Å². The lowest BCUT2D eigenvalue weighted by Gasteiger charge is -2.00. The number of nitrogens with zero attached hydrogens (tertiary/aromatic N) is 4. The van der Waals surface area contributed by atoms with E-state index in [1.54, 1.807) is 6.07 Å². The quantitative estimate of drug-likeness (QED) is 0.644. The first kappa shape index (κ1) is 9.69. The Labute approximate surface area is 89.9 Å². The van der Waals surface area contributed by atoms with Crippen molar-refractivity contribution >= 4 is 16.9 Å². The molecule has 0 radical (unpaired) electrons. The maximum Gasteiger partial charge on any atom is 0.274 e. The normalized spacial score (nSPS) is 9.62. The molecule has 2 aromatic rings. The van der Waals surface area contributed by atoms with Crippen molar-refractivity contribution in [3.63, 3.8) is 0 Å². The lowest BCUT2D eigenvalue weighted by Crippen LogP contribution is -1.88. The van der Waals surface area contributed by atoms with Crippen molar-refractivity contribution < 1.29 is 10.2 Å². The van der Waals surface area contributed by atoms with Gasteiger partial charge in [0.1, 0.15) is 17.5 Å². The fourth-order valence-electron chi connectivity index (χ4n) is 1.27. The second-order valence-electron chi connectivity index (χ2n) is 2.95. The number of nitriles is 1. The van der Waals surface area contributed by atoms with E-state index in [2.05, 4.69) is 14.8 Å². The fourth-order valence-corrected chi connectivity index (χ4v) is 1.27. The van der Waals surface area contributed by atoms with Crippen LogP contribution in [-0.4, -0.2) is 20.2 Å². The Morgan fingerprint density at radius 1 is 1.19 bits per heavy atom. The van der Waals surface area contributed by atoms with Gasteiger partial charge in [0.15, 0.2) is 11.3 Å². The van der Waals surface area contributed by atoms with Gasteiger partial charge in [-0.2, -0.15) is 5.26 Å². The summed E-state index contributed by atoms with van der Waals surface area (Å²) in [5, 5.41) is 27.8. The average Bonchev–Trinajstić information content (AvgIpc) is 2.29. The van der Waals surface area contributed by atoms with E-state index in [-0.39, 0.29) is 34.0 Å². The summed E-state index contributed by atoms with van der Waals surface area (Å²) in [5.74, 6) is -0.627. The second-order valence-corrected chi connectivity index (χ2v) is 2.95. The molecule has 6 heteroatoms. The molecule has 0 saturated carbocycles. The molecular weight excluding hydrogens is 208 g/mol. The zero-order valence-electron chi connectivity index (χ0n) is 7.84. The van der Waals surface area contributed by atoms with Gasteiger partial charge in [0.2, 0.25) is 5.52 Å². The number of fused-ring (bicyclic) bond motifs is 1. The maximum atomic E-state index is 9.56. The number of aromatic nitrogens is 2. The van der Waals surface area contributed by atoms with Gasteiger partial charge < -0.3 is 15.1 Å². The van der Waals surface area contributed by atoms with Gasteiger partial charge in [0.25, 0.3) is 5.82 Å². The molecule has 76 valence electrons. The van der Waals surface area contributed by atoms with Gasteiger partial charge in [0, 0.05) is 12.1 Å². The van der Waals surface area contributed by atoms with Crippen molar-refractivity contribution in [1.82, 2.24) is 9.97 Å². The van der Waals surface area contributed by atoms with Crippen LogP contribution in [0.25, 0.3) is 15.9 Å². The minimum absolute atomic E-state index is 0.00366. The predicted molar refractivity (Wildman–Crippen MR) is 53.8 cm³/mol. The lowest BCUT2D eigenvalue weighted by molar-refractivity contribution is 0.472. The molecule has 2 N–H and O–H groups in total. The molecule has 0 aliphatic carbocycles. The van der Waals surface area contributed by atoms with Gasteiger partial charge in [-0.3, -0.25) is 0 Å². The number of pyridine rings is 2. The predicted octanol–water partition coefficient (Wildman–Crippen LogP) is 1.46. The van der Waals surface area contributed by atoms with Crippen molar-refractivity contribution in [3.8, 4) is 17.6 Å². The minimum atomic E-state index is -0.289. The first-order valence-corrected chi connectivity index (χ1v) is 4.17. The number of hydrogen-bond donors (Lipinski definition) is 2. The van der Waals surface area contributed by atoms with E-state index in [4.69, 9.17) is 11.8 Å². The highest BCUT2D eigenvalue weighted by atomic mass is 16.3. The summed E-state index contributed by atoms with van der Waals surface area (Å²) in [5.41, 5.74) is -0.0217. The summed E-state index contributed by atoms with van der Waals surface area (Å²) in [6, 6.07) is 4.00. The van der Waals surface area contributed by atoms with E-state index in [0.717, 1.165) is 12.1 Å². The Hall–Kier alpha value is -2.86. The van der Waals surface area contributed by atoms with Gasteiger partial charge in [-0.25, -0.2) is 4.98 Å². The third kappa shape index (κ3) is 1.35. The summed E-state index contributed by atoms with van der Waals surface area (Å²) in [6.07, 6.45) is 0. The first-order valence-electron chi connectivity index (χ1n) is 4.17. The molecule has 2 heterocycles. The maximum absolute atomic E-state index is 9.56. The monoisotopic (exact) mass is 212 g/mol. The van der Waals surface area contributed by atoms with Crippen LogP contribution >= 0.6 is 0 Å². The second kappa shape index (κ2) is 3.37. The number of rotatable bonds is 0. The summed E-state index contributed by atoms with van der Waals surface area (Å²) in [6.45, 7) is 6.76. The molecular formula is C10H4N4O2. The Morgan fingerprint density at radius 2 is 1.81 bits per heavy atom. The summed E-state index contributed by atoms with van der Waals surface area (Å²) < 4.78 is 0. The van der Waals surface area contributed by atoms with E-state index >= 15 is 0 Å². The van der Waals surface area contributed by atoms with Crippen LogP contribution in [0.1, 0.15) is 5.69 Å². The van der Waals surface area contributed by atoms with Crippen LogP contribution in [0, 0.1) is 17.9 Å². The Morgan fingerprint density at radius 3 is 2.44 bits per heavy atom. The molecule has 0 atom stereocenters. The SMILES string of the molecule is [C-]#[N+]c1cc(O)c2nc(C#N)cc(O)c2n1. The fraction of sp³-hybridized carbons (Fsp3) is 0. The molecule has 0 spiro atoms. The van der Waals surface area contributed by atoms with Gasteiger partial charge in [-0.15, -0.1) is 4.98 Å². The van der Waals surface area contributed by atoms with Crippen molar-refractivity contribution in [2.45, 2.75) is 0 Å². The van der Waals surface area contributed by atoms with Crippen LogP contribution < -0.4 is 0 Å². The van der Waals surface area contributed by atoms with Crippen LogP contribution in [0.3, 0.4) is 0 Å². The molecule has 0 aromatic carbocycles. The van der Waals surface area contributed by atoms with Gasteiger partial charge in [-0.1, -0.05) is 6.57 Å². The summed E-state index contributed by atoms with van der Waals surface area (Å²) in [4.78, 5) is 10.6. The van der Waals surface area contributed by atoms with E-state index in [1.165, 1.54) is 0 Å². The molecule has 0 aliphatic heterocycles. The Bertz CT molecular complexity index is 608. The van der Waals surface area contributed by atoms with Crippen LogP contribution in [0.15, 0.2) is 12.1 Å². The van der Waals surface area contributed by atoms with Crippen LogP contribution in [0.2, 0.25) is 0 Å². The molecule has 0 fully saturated rings. The topological polar surface area (TPSA) is 94.4 Å². The van der Waals surface area contributed by atoms with Crippen LogP contribution in [0.5, 0.6) is 11.5 Å². The molecule has 2 rings (SSSR count). The highest BCUT2D eigenvalue weighted by Gasteiger charge is 2.14. The largest absolute Gasteiger partial charge is 0.507 e. The standard InChI is InChI=1S/C10H4N4O2/c1-12-8-3-7(16)9-10(14-8)6(15)2-5(4-11)13-9/h2-3H,(H,13,15)(H,14,16). The molecule has 0 amide bonds. The first-order chi connectivity index (χ1) is 7.65. The van der Waals surface area contributed by atoms with Crippen LogP contribution in [0.4, 0.5) is 5.82 Å². The van der Waals surface area contributed by atoms with Gasteiger partial charge in [-0.05, 0) is 0 Å². The zero-order valence-corrected chi connectivity index (χ0v) is 7.84. The van der Waals surface area contributed by atoms with Crippen molar-refractivity contribution in [2.24, 2.45) is 0 Å². The molecule has 0 saturated heterocycles. The van der Waals surface area contributed by atoms with Crippen molar-refractivity contribution in [1.29, 1.82) is 5.26 Å². The van der Waals surface area contributed by atoms with Gasteiger partial charge >= 0.3 is 0 Å². The zero-order chi connectivity index (χ0) is 11.7. The summed E-state index contributed by atoms with van der Waals surface area (Å²) >= 11 is 0. The van der Waals surface area contributed by atoms with Crippen LogP contribution in [-0.2, 0) is 0 Å². The van der Waals surface area contributed by atoms with E-state index < -0.39 is 0 Å². The summed E-state index contributed by atoms with van der Waals surface area (Å²) in [7, 11) is 0. The molecule has 6 nitrogen and oxygen atoms in total. The Balaban J connectivity index is 2.92. The van der Waals surface area contributed by atoms with Crippen molar-refractivity contribution in [3.05, 3.63) is 29.2 Å². The lowest BCUT2D eigenvalue weighted by atomic mass is 10.2. The Kier molecular flexibility index (Phi) is 2.04. The molecule has 16 heavy (non-hydrogen) atoms. The number of aromatic hydroxyl groups is 2. The van der Waals surface area contributed by atoms with E-state index in [1.807, 2.05) is 0 Å². The third-order valence-corrected chi connectivity index (χ3v) is 1.94. The third-order valence-electron chi connectivity index (χ3n) is 1.94. The highest BCUT2D eigenvalue weighted by molar-refractivity contribution is 5.88. The average molecular weight is 212 g/mol. The number of hydrogen-bond acceptors (Lipinski definition) is 5. The van der Waals surface area contributed by atoms with Crippen molar-refractivity contribution in [2.75, 3.05) is 0 Å². The highest BCUT2D eigenvalue weighted by Crippen LogP contribution is 2.31. The smallest absolute Gasteiger partial charge is 0.274 e. The molecule has 0 unspecified atom stereocenters. The van der Waals surface area contributed by atoms with Gasteiger partial charge in [0.05, 0.1) is 0 Å². The molecule has 0 aliphatic rings. The minimum Gasteiger partial charge on any atom is -0.507 e. The van der Waals surface area contributed by atoms with E-state index in [9.17, 15) is 10.2 Å². The molecule has 0 bridgehead atoms.